The number of nitrogens with one attached hydrogen (secondary N) is 3. The molecule has 4 fully saturated rings. The Balaban J connectivity index is 1.13. The molecule has 1 aromatic rings. The average molecular weight is 634 g/mol. The molecule has 8 N–H and O–H groups in total. The number of anilines is 1. The van der Waals surface area contributed by atoms with E-state index in [1.54, 1.807) is 11.0 Å². The van der Waals surface area contributed by atoms with Gasteiger partial charge in [0.25, 0.3) is 11.8 Å². The van der Waals surface area contributed by atoms with Crippen LogP contribution in [-0.4, -0.2) is 125 Å². The molecule has 6 atom stereocenters. The molecule has 0 saturated carbocycles. The van der Waals surface area contributed by atoms with Crippen LogP contribution in [0.25, 0.3) is 0 Å². The highest BCUT2D eigenvalue weighted by Crippen LogP contribution is 2.41. The third-order valence-electron chi connectivity index (χ3n) is 8.47. The van der Waals surface area contributed by atoms with E-state index in [9.17, 15) is 34.6 Å². The second-order valence-electron chi connectivity index (χ2n) is 11.0. The number of hydrogen-bond acceptors (Lipinski definition) is 14. The molecule has 18 heteroatoms. The number of oxime groups is 1. The van der Waals surface area contributed by atoms with Crippen LogP contribution in [0.2, 0.25) is 0 Å². The molecule has 5 aliphatic heterocycles. The molecule has 6 rings (SSSR count). The molecule has 3 amide bonds. The van der Waals surface area contributed by atoms with Crippen LogP contribution in [0.3, 0.4) is 0 Å². The summed E-state index contributed by atoms with van der Waals surface area (Å²) in [4.78, 5) is 58.2. The summed E-state index contributed by atoms with van der Waals surface area (Å²) in [5.41, 5.74) is 5.56. The molecule has 43 heavy (non-hydrogen) atoms. The number of carboxylic acids is 1. The summed E-state index contributed by atoms with van der Waals surface area (Å²) in [6.07, 6.45) is 4.04. The molecule has 6 heterocycles. The summed E-state index contributed by atoms with van der Waals surface area (Å²) in [6, 6.07) is -1.22. The number of carbonyl (C=O) groups is 4. The zero-order valence-corrected chi connectivity index (χ0v) is 24.4. The van der Waals surface area contributed by atoms with Gasteiger partial charge < -0.3 is 42.0 Å². The normalized spacial score (nSPS) is 31.0. The highest BCUT2D eigenvalue weighted by atomic mass is 32.2. The lowest BCUT2D eigenvalue weighted by atomic mass is 9.99. The van der Waals surface area contributed by atoms with Gasteiger partial charge in [-0.1, -0.05) is 5.16 Å². The Hall–Kier alpha value is -3.58. The molecule has 0 aliphatic carbocycles. The third kappa shape index (κ3) is 5.37. The molecule has 0 aromatic carbocycles. The Labute approximate surface area is 253 Å². The number of fused-ring (bicyclic) bond motifs is 1. The lowest BCUT2D eigenvalue weighted by molar-refractivity contribution is -0.150. The number of rotatable bonds is 8. The maximum atomic E-state index is 13.4. The minimum absolute atomic E-state index is 0.0475. The van der Waals surface area contributed by atoms with Gasteiger partial charge in [-0.2, -0.15) is 9.36 Å². The molecule has 230 valence electrons. The maximum absolute atomic E-state index is 13.4. The van der Waals surface area contributed by atoms with Crippen LogP contribution in [0.15, 0.2) is 28.1 Å². The van der Waals surface area contributed by atoms with E-state index >= 15 is 0 Å². The fourth-order valence-electron chi connectivity index (χ4n) is 6.34. The number of nitrogen functional groups attached to an aromatic ring is 1. The van der Waals surface area contributed by atoms with Gasteiger partial charge in [0.05, 0.1) is 6.10 Å². The van der Waals surface area contributed by atoms with E-state index in [2.05, 4.69) is 30.5 Å². The van der Waals surface area contributed by atoms with Gasteiger partial charge in [-0.25, -0.2) is 4.79 Å². The standard InChI is InChI=1S/C25H31N9O7S2/c26-25-30-19(32-43-25)15(31-41)20(36)29-16-22(38)34-17(24(39)40)11(9-42-23(16)34)6-10-3-5-33(21(10)37)12-7-14(28-8-12)18(35)13-2-1-4-27-13/h6,12-14,16,18,23,27-28,35,41H,1-5,7-9H2,(H,29,36)(H,39,40)(H2,26,30,32)/t12?,13?,14?,16-,18?,23-/m1/s1. The first-order valence-corrected chi connectivity index (χ1v) is 15.7. The fourth-order valence-corrected chi connectivity index (χ4v) is 8.08. The molecule has 16 nitrogen and oxygen atoms in total. The Kier molecular flexibility index (Phi) is 8.12. The van der Waals surface area contributed by atoms with Gasteiger partial charge in [0.15, 0.2) is 5.13 Å². The molecular weight excluding hydrogens is 602 g/mol. The van der Waals surface area contributed by atoms with Gasteiger partial charge in [0, 0.05) is 54.1 Å². The predicted molar refractivity (Wildman–Crippen MR) is 154 cm³/mol. The van der Waals surface area contributed by atoms with E-state index in [1.807, 2.05) is 0 Å². The van der Waals surface area contributed by atoms with Crippen LogP contribution >= 0.6 is 23.3 Å². The number of carboxylic acid groups (broad SMARTS) is 1. The van der Waals surface area contributed by atoms with Gasteiger partial charge in [-0.3, -0.25) is 19.3 Å². The number of aliphatic hydroxyl groups is 1. The third-order valence-corrected chi connectivity index (χ3v) is 10.3. The van der Waals surface area contributed by atoms with Crippen molar-refractivity contribution in [3.05, 3.63) is 28.7 Å². The van der Waals surface area contributed by atoms with Crippen LogP contribution in [-0.2, 0) is 19.2 Å². The number of likely N-dealkylation sites (tertiary alicyclic amines) is 1. The van der Waals surface area contributed by atoms with Crippen molar-refractivity contribution >= 4 is 57.8 Å². The first-order chi connectivity index (χ1) is 20.7. The minimum atomic E-state index is -1.32. The largest absolute Gasteiger partial charge is 0.477 e. The van der Waals surface area contributed by atoms with Crippen molar-refractivity contribution in [1.82, 2.24) is 35.1 Å². The molecule has 1 aromatic heterocycles. The quantitative estimate of drug-likeness (QED) is 0.0542. The van der Waals surface area contributed by atoms with Crippen molar-refractivity contribution in [2.45, 2.75) is 61.3 Å². The van der Waals surface area contributed by atoms with E-state index in [1.165, 1.54) is 11.8 Å². The molecular formula is C25H31N9O7S2. The van der Waals surface area contributed by atoms with E-state index in [-0.39, 0.29) is 46.4 Å². The lowest BCUT2D eigenvalue weighted by Gasteiger charge is -2.49. The van der Waals surface area contributed by atoms with Crippen LogP contribution < -0.4 is 21.7 Å². The Morgan fingerprint density at radius 1 is 1.26 bits per heavy atom. The number of hydrogen-bond donors (Lipinski definition) is 7. The van der Waals surface area contributed by atoms with Crippen molar-refractivity contribution in [1.29, 1.82) is 0 Å². The number of nitrogens with zero attached hydrogens (tertiary/aromatic N) is 5. The summed E-state index contributed by atoms with van der Waals surface area (Å²) < 4.78 is 3.83. The molecule has 4 saturated heterocycles. The average Bonchev–Trinajstić information content (AvgIpc) is 3.81. The van der Waals surface area contributed by atoms with Crippen LogP contribution in [0, 0.1) is 0 Å². The van der Waals surface area contributed by atoms with E-state index in [0.717, 1.165) is 35.8 Å². The number of allylic oxidation sites excluding steroid dienone is 1. The van der Waals surface area contributed by atoms with Gasteiger partial charge in [0.1, 0.15) is 17.1 Å². The lowest BCUT2D eigenvalue weighted by Crippen LogP contribution is -2.71. The molecule has 5 aliphatic rings. The summed E-state index contributed by atoms with van der Waals surface area (Å²) in [6.45, 7) is 1.94. The Morgan fingerprint density at radius 3 is 2.74 bits per heavy atom. The monoisotopic (exact) mass is 633 g/mol. The summed E-state index contributed by atoms with van der Waals surface area (Å²) in [5.74, 6) is -3.09. The van der Waals surface area contributed by atoms with Crippen molar-refractivity contribution in [3.8, 4) is 0 Å². The zero-order valence-electron chi connectivity index (χ0n) is 22.8. The summed E-state index contributed by atoms with van der Waals surface area (Å²) in [7, 11) is 0. The number of thioether (sulfide) groups is 1. The van der Waals surface area contributed by atoms with Gasteiger partial charge >= 0.3 is 5.97 Å². The van der Waals surface area contributed by atoms with E-state index < -0.39 is 41.0 Å². The highest BCUT2D eigenvalue weighted by molar-refractivity contribution is 8.00. The minimum Gasteiger partial charge on any atom is -0.477 e. The number of carbonyl (C=O) groups excluding carboxylic acids is 3. The molecule has 0 radical (unpaired) electrons. The van der Waals surface area contributed by atoms with Crippen LogP contribution in [0.1, 0.15) is 31.5 Å². The first kappa shape index (κ1) is 29.5. The number of aliphatic carboxylic acids is 1. The first-order valence-electron chi connectivity index (χ1n) is 13.9. The second kappa shape index (κ2) is 11.8. The number of amides is 3. The second-order valence-corrected chi connectivity index (χ2v) is 12.8. The smallest absolute Gasteiger partial charge is 0.352 e. The molecule has 0 bridgehead atoms. The molecule has 0 spiro atoms. The van der Waals surface area contributed by atoms with Gasteiger partial charge in [-0.05, 0) is 43.9 Å². The fraction of sp³-hybridized carbons (Fsp3) is 0.560. The number of nitrogens with two attached hydrogens (primary N) is 1. The Morgan fingerprint density at radius 2 is 2.07 bits per heavy atom. The zero-order chi connectivity index (χ0) is 30.4. The van der Waals surface area contributed by atoms with Crippen LogP contribution in [0.5, 0.6) is 0 Å². The van der Waals surface area contributed by atoms with Crippen molar-refractivity contribution in [2.75, 3.05) is 31.1 Å². The van der Waals surface area contributed by atoms with Crippen molar-refractivity contribution in [2.24, 2.45) is 5.16 Å². The summed E-state index contributed by atoms with van der Waals surface area (Å²) in [5, 5.41) is 41.5. The maximum Gasteiger partial charge on any atom is 0.352 e. The number of aromatic nitrogens is 2. The Bertz CT molecular complexity index is 1440. The van der Waals surface area contributed by atoms with Crippen molar-refractivity contribution < 1.29 is 34.6 Å². The SMILES string of the molecule is Nc1nc(C(=NO)C(=O)N[C@@H]2C(=O)N3C(C(=O)O)=C(C=C4CCN(C5CNC(C(O)C6CCCN6)C5)C4=O)CS[C@H]23)ns1. The van der Waals surface area contributed by atoms with E-state index in [0.29, 0.717) is 37.1 Å². The van der Waals surface area contributed by atoms with Crippen molar-refractivity contribution in [3.63, 3.8) is 0 Å². The topological polar surface area (TPSA) is 236 Å². The molecule has 4 unspecified atom stereocenters. The van der Waals surface area contributed by atoms with Gasteiger partial charge in [-0.15, -0.1) is 11.8 Å². The number of aliphatic hydroxyl groups excluding tert-OH is 1. The number of β-lactam (4-membered cyclic amide) rings is 1. The van der Waals surface area contributed by atoms with Gasteiger partial charge in [0.2, 0.25) is 17.4 Å². The predicted octanol–water partition coefficient (Wildman–Crippen LogP) is -1.96. The summed E-state index contributed by atoms with van der Waals surface area (Å²) >= 11 is 2.04. The van der Waals surface area contributed by atoms with Crippen LogP contribution in [0.4, 0.5) is 5.13 Å². The van der Waals surface area contributed by atoms with E-state index in [4.69, 9.17) is 5.73 Å². The highest BCUT2D eigenvalue weighted by Gasteiger charge is 2.54.